The van der Waals surface area contributed by atoms with E-state index in [4.69, 9.17) is 14.2 Å². The van der Waals surface area contributed by atoms with Crippen molar-refractivity contribution in [3.63, 3.8) is 0 Å². The Bertz CT molecular complexity index is 2170. The number of benzene rings is 4. The van der Waals surface area contributed by atoms with Gasteiger partial charge in [0, 0.05) is 49.2 Å². The van der Waals surface area contributed by atoms with Crippen LogP contribution >= 0.6 is 0 Å². The zero-order valence-electron chi connectivity index (χ0n) is 31.9. The van der Waals surface area contributed by atoms with Crippen LogP contribution in [0.2, 0.25) is 0 Å². The monoisotopic (exact) mass is 785 g/mol. The van der Waals surface area contributed by atoms with Crippen LogP contribution in [0, 0.1) is 11.3 Å². The number of sulfonamides is 2. The molecule has 2 saturated heterocycles. The summed E-state index contributed by atoms with van der Waals surface area (Å²) in [5, 5.41) is 7.96. The van der Waals surface area contributed by atoms with E-state index in [1.54, 1.807) is 31.1 Å². The molecule has 2 aliphatic rings. The van der Waals surface area contributed by atoms with Crippen molar-refractivity contribution in [2.24, 2.45) is 0 Å². The maximum Gasteiger partial charge on any atom is 0.218 e. The van der Waals surface area contributed by atoms with Crippen molar-refractivity contribution in [2.45, 2.75) is 75.0 Å². The van der Waals surface area contributed by atoms with Gasteiger partial charge in [0.2, 0.25) is 20.0 Å². The molecule has 0 amide bonds. The molecule has 0 bridgehead atoms. The Morgan fingerprint density at radius 2 is 1.27 bits per heavy atom. The summed E-state index contributed by atoms with van der Waals surface area (Å²) in [6, 6.07) is 32.8. The van der Waals surface area contributed by atoms with E-state index >= 15 is 8.42 Å². The molecular weight excluding hydrogens is 735 g/mol. The van der Waals surface area contributed by atoms with Gasteiger partial charge in [-0.05, 0) is 80.5 Å². The van der Waals surface area contributed by atoms with Gasteiger partial charge in [-0.15, -0.1) is 0 Å². The van der Waals surface area contributed by atoms with Gasteiger partial charge in [0.1, 0.15) is 5.75 Å². The Morgan fingerprint density at radius 3 is 1.80 bits per heavy atom. The van der Waals surface area contributed by atoms with E-state index in [0.29, 0.717) is 51.4 Å². The molecule has 5 unspecified atom stereocenters. The Morgan fingerprint density at radius 1 is 0.764 bits per heavy atom. The molecule has 0 radical (unpaired) electrons. The number of ether oxygens (including phenoxy) is 3. The number of nitrogens with zero attached hydrogens (tertiary/aromatic N) is 2. The molecule has 6 rings (SSSR count). The predicted octanol–water partition coefficient (Wildman–Crippen LogP) is 7.08. The highest BCUT2D eigenvalue weighted by Gasteiger charge is 2.47. The topological polar surface area (TPSA) is 135 Å². The van der Waals surface area contributed by atoms with Gasteiger partial charge in [0.15, 0.2) is 0 Å². The molecule has 10 nitrogen and oxygen atoms in total. The van der Waals surface area contributed by atoms with Gasteiger partial charge in [0.05, 0.1) is 42.0 Å². The summed E-state index contributed by atoms with van der Waals surface area (Å²) in [6.45, 7) is 8.40. The molecule has 0 spiro atoms. The van der Waals surface area contributed by atoms with Crippen molar-refractivity contribution in [2.75, 3.05) is 39.6 Å². The van der Waals surface area contributed by atoms with E-state index in [9.17, 15) is 13.7 Å². The normalized spacial score (nSPS) is 21.3. The highest BCUT2D eigenvalue weighted by molar-refractivity contribution is 7.90. The lowest BCUT2D eigenvalue weighted by Crippen LogP contribution is -2.58. The summed E-state index contributed by atoms with van der Waals surface area (Å²) < 4.78 is 78.0. The van der Waals surface area contributed by atoms with Crippen LogP contribution in [0.5, 0.6) is 5.75 Å². The smallest absolute Gasteiger partial charge is 0.218 e. The van der Waals surface area contributed by atoms with Gasteiger partial charge >= 0.3 is 0 Å². The van der Waals surface area contributed by atoms with Gasteiger partial charge in [-0.25, -0.2) is 21.6 Å². The lowest BCUT2D eigenvalue weighted by molar-refractivity contribution is -0.00517. The van der Waals surface area contributed by atoms with E-state index in [1.807, 2.05) is 85.8 Å². The standard InChI is InChI=1S/C43H51N3O7S2/c1-5-53-43-13-9-8-12-38(43)33-16-20-35(21-17-33)40-29-52-25-23-42(40)46(55(49,50)31(4)27-45-54(47,48)30(2)3)41-22-24-51-28-39(41)34-18-14-32(15-19-34)37-11-7-6-10-36(37)26-44/h6-21,30-31,39-42,45H,5,22-25,27-29H2,1-4H3. The van der Waals surface area contributed by atoms with Crippen LogP contribution in [0.3, 0.4) is 0 Å². The number of nitrogens with one attached hydrogen (secondary N) is 1. The maximum absolute atomic E-state index is 15.1. The second-order valence-electron chi connectivity index (χ2n) is 14.5. The number of hydrogen-bond acceptors (Lipinski definition) is 8. The first-order chi connectivity index (χ1) is 26.5. The number of nitriles is 1. The molecule has 1 N–H and O–H groups in total. The van der Waals surface area contributed by atoms with Gasteiger partial charge in [-0.3, -0.25) is 0 Å². The zero-order chi connectivity index (χ0) is 39.2. The summed E-state index contributed by atoms with van der Waals surface area (Å²) in [6.07, 6.45) is 0.932. The fourth-order valence-corrected chi connectivity index (χ4v) is 10.6. The van der Waals surface area contributed by atoms with Gasteiger partial charge in [-0.1, -0.05) is 84.9 Å². The summed E-state index contributed by atoms with van der Waals surface area (Å²) in [7, 11) is -7.82. The average Bonchev–Trinajstić information content (AvgIpc) is 3.21. The maximum atomic E-state index is 15.1. The minimum atomic E-state index is -4.11. The number of hydrogen-bond donors (Lipinski definition) is 1. The molecule has 5 atom stereocenters. The van der Waals surface area contributed by atoms with Gasteiger partial charge < -0.3 is 14.2 Å². The van der Waals surface area contributed by atoms with E-state index in [-0.39, 0.29) is 18.4 Å². The Kier molecular flexibility index (Phi) is 13.1. The van der Waals surface area contributed by atoms with Crippen LogP contribution in [0.1, 0.15) is 69.1 Å². The third-order valence-corrected chi connectivity index (χ3v) is 14.9. The van der Waals surface area contributed by atoms with Crippen molar-refractivity contribution >= 4 is 20.0 Å². The van der Waals surface area contributed by atoms with Crippen LogP contribution < -0.4 is 9.46 Å². The van der Waals surface area contributed by atoms with Crippen molar-refractivity contribution in [1.29, 1.82) is 5.26 Å². The van der Waals surface area contributed by atoms with Crippen LogP contribution in [0.15, 0.2) is 97.1 Å². The third-order valence-electron chi connectivity index (χ3n) is 10.8. The van der Waals surface area contributed by atoms with Gasteiger partial charge in [-0.2, -0.15) is 9.57 Å². The highest BCUT2D eigenvalue weighted by Crippen LogP contribution is 2.41. The van der Waals surface area contributed by atoms with Crippen molar-refractivity contribution in [3.05, 3.63) is 114 Å². The molecule has 2 fully saturated rings. The molecule has 4 aromatic carbocycles. The second kappa shape index (κ2) is 17.8. The quantitative estimate of drug-likeness (QED) is 0.143. The van der Waals surface area contributed by atoms with E-state index in [0.717, 1.165) is 39.1 Å². The van der Waals surface area contributed by atoms with E-state index in [2.05, 4.69) is 22.9 Å². The highest BCUT2D eigenvalue weighted by atomic mass is 32.2. The second-order valence-corrected chi connectivity index (χ2v) is 19.1. The molecule has 292 valence electrons. The Balaban J connectivity index is 1.39. The SMILES string of the molecule is CCOc1ccccc1-c1ccc(C2COCCC2N(C2CCOCC2c2ccc(-c3ccccc3C#N)cc2)S(=O)(=O)C(C)CNS(=O)(=O)C(C)C)cc1. The molecule has 2 heterocycles. The number of rotatable bonds is 14. The lowest BCUT2D eigenvalue weighted by atomic mass is 9.83. The molecular formula is C43H51N3O7S2. The van der Waals surface area contributed by atoms with Crippen LogP contribution in [0.25, 0.3) is 22.3 Å². The summed E-state index contributed by atoms with van der Waals surface area (Å²) in [4.78, 5) is 0. The first-order valence-corrected chi connectivity index (χ1v) is 22.1. The van der Waals surface area contributed by atoms with Gasteiger partial charge in [0.25, 0.3) is 0 Å². The van der Waals surface area contributed by atoms with E-state index in [1.165, 1.54) is 0 Å². The van der Waals surface area contributed by atoms with Crippen molar-refractivity contribution in [3.8, 4) is 34.1 Å². The number of para-hydroxylation sites is 1. The molecule has 4 aromatic rings. The van der Waals surface area contributed by atoms with Crippen molar-refractivity contribution < 1.29 is 31.0 Å². The van der Waals surface area contributed by atoms with Crippen LogP contribution in [-0.4, -0.2) is 83.3 Å². The predicted molar refractivity (Wildman–Crippen MR) is 216 cm³/mol. The summed E-state index contributed by atoms with van der Waals surface area (Å²) >= 11 is 0. The minimum absolute atomic E-state index is 0.248. The molecule has 0 aromatic heterocycles. The first-order valence-electron chi connectivity index (χ1n) is 19.0. The minimum Gasteiger partial charge on any atom is -0.493 e. The summed E-state index contributed by atoms with van der Waals surface area (Å²) in [5.41, 5.74) is 6.14. The van der Waals surface area contributed by atoms with Crippen LogP contribution in [0.4, 0.5) is 0 Å². The largest absolute Gasteiger partial charge is 0.493 e. The molecule has 12 heteroatoms. The third kappa shape index (κ3) is 8.99. The summed E-state index contributed by atoms with van der Waals surface area (Å²) in [5.74, 6) is 0.209. The molecule has 2 aliphatic heterocycles. The zero-order valence-corrected chi connectivity index (χ0v) is 33.6. The van der Waals surface area contributed by atoms with E-state index < -0.39 is 42.6 Å². The average molecular weight is 786 g/mol. The molecule has 0 aliphatic carbocycles. The fourth-order valence-electron chi connectivity index (χ4n) is 7.67. The Hall–Kier alpha value is -4.09. The molecule has 55 heavy (non-hydrogen) atoms. The molecule has 0 saturated carbocycles. The van der Waals surface area contributed by atoms with Crippen LogP contribution in [-0.2, 0) is 29.5 Å². The fraction of sp³-hybridized carbons (Fsp3) is 0.419. The first kappa shape index (κ1) is 40.6. The lowest BCUT2D eigenvalue weighted by Gasteiger charge is -2.47. The Labute approximate surface area is 326 Å². The van der Waals surface area contributed by atoms with Crippen molar-refractivity contribution in [1.82, 2.24) is 9.03 Å².